The average molecular weight is 528 g/mol. The van der Waals surface area contributed by atoms with Gasteiger partial charge in [0, 0.05) is 13.0 Å². The van der Waals surface area contributed by atoms with Gasteiger partial charge in [-0.25, -0.2) is 16.8 Å². The van der Waals surface area contributed by atoms with E-state index in [9.17, 15) is 21.6 Å². The fourth-order valence-electron chi connectivity index (χ4n) is 4.24. The molecule has 3 aromatic carbocycles. The Morgan fingerprint density at radius 3 is 1.47 bits per heavy atom. The molecule has 2 N–H and O–H groups in total. The van der Waals surface area contributed by atoms with Crippen molar-refractivity contribution in [1.82, 2.24) is 0 Å². The third kappa shape index (κ3) is 5.10. The van der Waals surface area contributed by atoms with Gasteiger partial charge < -0.3 is 4.90 Å². The summed E-state index contributed by atoms with van der Waals surface area (Å²) in [6.07, 6.45) is 1.05. The predicted molar refractivity (Wildman–Crippen MR) is 141 cm³/mol. The lowest BCUT2D eigenvalue weighted by Gasteiger charge is -2.26. The predicted octanol–water partition coefficient (Wildman–Crippen LogP) is 4.65. The quantitative estimate of drug-likeness (QED) is 0.465. The maximum Gasteiger partial charge on any atom is 0.261 e. The van der Waals surface area contributed by atoms with Gasteiger partial charge in [0.05, 0.1) is 26.9 Å². The molecule has 36 heavy (non-hydrogen) atoms. The molecule has 1 heterocycles. The molecule has 1 amide bonds. The van der Waals surface area contributed by atoms with E-state index >= 15 is 0 Å². The summed E-state index contributed by atoms with van der Waals surface area (Å²) in [5, 5.41) is 0. The molecule has 0 atom stereocenters. The van der Waals surface area contributed by atoms with E-state index in [1.54, 1.807) is 43.0 Å². The summed E-state index contributed by atoms with van der Waals surface area (Å²) in [7, 11) is -7.93. The highest BCUT2D eigenvalue weighted by molar-refractivity contribution is 7.93. The van der Waals surface area contributed by atoms with E-state index in [1.807, 2.05) is 13.8 Å². The van der Waals surface area contributed by atoms with Crippen LogP contribution in [0.1, 0.15) is 35.1 Å². The van der Waals surface area contributed by atoms with Crippen molar-refractivity contribution in [3.05, 3.63) is 76.9 Å². The second kappa shape index (κ2) is 9.59. The van der Waals surface area contributed by atoms with Crippen LogP contribution in [0.2, 0.25) is 0 Å². The van der Waals surface area contributed by atoms with E-state index in [2.05, 4.69) is 9.44 Å². The zero-order valence-corrected chi connectivity index (χ0v) is 22.3. The van der Waals surface area contributed by atoms with Crippen LogP contribution in [0.5, 0.6) is 0 Å². The third-order valence-corrected chi connectivity index (χ3v) is 9.06. The van der Waals surface area contributed by atoms with Crippen molar-refractivity contribution in [3.8, 4) is 0 Å². The van der Waals surface area contributed by atoms with E-state index < -0.39 is 20.0 Å². The molecule has 0 aromatic heterocycles. The van der Waals surface area contributed by atoms with Crippen molar-refractivity contribution < 1.29 is 21.6 Å². The fraction of sp³-hybridized carbons (Fsp3) is 0.269. The van der Waals surface area contributed by atoms with Crippen molar-refractivity contribution in [3.63, 3.8) is 0 Å². The Morgan fingerprint density at radius 1 is 0.694 bits per heavy atom. The molecule has 1 aliphatic heterocycles. The second-order valence-corrected chi connectivity index (χ2v) is 12.4. The first-order valence-electron chi connectivity index (χ1n) is 11.5. The number of rotatable bonds is 7. The van der Waals surface area contributed by atoms with Crippen molar-refractivity contribution in [1.29, 1.82) is 0 Å². The van der Waals surface area contributed by atoms with E-state index in [0.29, 0.717) is 36.2 Å². The second-order valence-electron chi connectivity index (χ2n) is 9.06. The maximum atomic E-state index is 13.2. The van der Waals surface area contributed by atoms with Gasteiger partial charge in [0.2, 0.25) is 5.91 Å². The Morgan fingerprint density at radius 2 is 1.11 bits per heavy atom. The highest BCUT2D eigenvalue weighted by atomic mass is 32.2. The molecule has 1 aliphatic rings. The van der Waals surface area contributed by atoms with Gasteiger partial charge in [-0.2, -0.15) is 0 Å². The summed E-state index contributed by atoms with van der Waals surface area (Å²) in [6, 6.07) is 14.3. The van der Waals surface area contributed by atoms with Gasteiger partial charge in [0.1, 0.15) is 0 Å². The molecule has 10 heteroatoms. The number of benzene rings is 3. The average Bonchev–Trinajstić information content (AvgIpc) is 3.23. The lowest BCUT2D eigenvalue weighted by Crippen LogP contribution is -2.27. The Kier molecular flexibility index (Phi) is 6.85. The molecule has 0 spiro atoms. The number of carbonyl (C=O) groups excluding carboxylic acids is 1. The zero-order valence-electron chi connectivity index (χ0n) is 20.6. The Hall–Kier alpha value is -3.37. The van der Waals surface area contributed by atoms with Crippen molar-refractivity contribution >= 4 is 43.0 Å². The van der Waals surface area contributed by atoms with Crippen molar-refractivity contribution in [2.75, 3.05) is 20.9 Å². The van der Waals surface area contributed by atoms with Crippen molar-refractivity contribution in [2.45, 2.75) is 50.3 Å². The van der Waals surface area contributed by atoms with Crippen LogP contribution in [0.15, 0.2) is 64.4 Å². The number of sulfonamides is 2. The van der Waals surface area contributed by atoms with Crippen LogP contribution in [0.25, 0.3) is 0 Å². The number of carbonyl (C=O) groups is 1. The molecule has 0 bridgehead atoms. The standard InChI is InChI=1S/C26H29N3O5S2/c1-17-7-11-21(12-8-17)35(31,32)27-23-16-24(28-36(33,34)22-13-9-18(2)10-14-22)20(4)26(19(23)3)29-15-5-6-25(29)30/h7-14,16,27-28H,5-6,15H2,1-4H3. The van der Waals surface area contributed by atoms with Gasteiger partial charge in [-0.15, -0.1) is 0 Å². The minimum atomic E-state index is -3.97. The van der Waals surface area contributed by atoms with E-state index in [4.69, 9.17) is 0 Å². The number of hydrogen-bond donors (Lipinski definition) is 2. The number of aryl methyl sites for hydroxylation is 2. The maximum absolute atomic E-state index is 13.2. The Bertz CT molecular complexity index is 1430. The van der Waals surface area contributed by atoms with Gasteiger partial charge in [-0.05, 0) is 75.6 Å². The van der Waals surface area contributed by atoms with Gasteiger partial charge in [-0.3, -0.25) is 14.2 Å². The van der Waals surface area contributed by atoms with Crippen LogP contribution in [-0.4, -0.2) is 29.3 Å². The molecule has 0 aliphatic carbocycles. The van der Waals surface area contributed by atoms with Crippen LogP contribution in [0.3, 0.4) is 0 Å². The van der Waals surface area contributed by atoms with Crippen LogP contribution in [-0.2, 0) is 24.8 Å². The largest absolute Gasteiger partial charge is 0.312 e. The zero-order chi connectivity index (χ0) is 26.3. The Labute approximate surface area is 212 Å². The first kappa shape index (κ1) is 25.7. The van der Waals surface area contributed by atoms with Crippen LogP contribution in [0, 0.1) is 27.7 Å². The third-order valence-electron chi connectivity index (χ3n) is 6.30. The van der Waals surface area contributed by atoms with E-state index in [-0.39, 0.29) is 27.1 Å². The number of hydrogen-bond acceptors (Lipinski definition) is 5. The van der Waals surface area contributed by atoms with Gasteiger partial charge in [0.15, 0.2) is 0 Å². The van der Waals surface area contributed by atoms with Gasteiger partial charge >= 0.3 is 0 Å². The molecule has 0 saturated carbocycles. The van der Waals surface area contributed by atoms with Gasteiger partial charge in [0.25, 0.3) is 20.0 Å². The molecule has 0 radical (unpaired) electrons. The summed E-state index contributed by atoms with van der Waals surface area (Å²) in [5.74, 6) is -0.0907. The Balaban J connectivity index is 1.82. The normalized spacial score (nSPS) is 14.2. The molecule has 0 unspecified atom stereocenters. The van der Waals surface area contributed by atoms with Crippen LogP contribution < -0.4 is 14.3 Å². The van der Waals surface area contributed by atoms with Crippen molar-refractivity contribution in [2.24, 2.45) is 0 Å². The number of anilines is 3. The van der Waals surface area contributed by atoms with Crippen LogP contribution in [0.4, 0.5) is 17.1 Å². The van der Waals surface area contributed by atoms with E-state index in [1.165, 1.54) is 30.3 Å². The molecular weight excluding hydrogens is 498 g/mol. The van der Waals surface area contributed by atoms with Crippen LogP contribution >= 0.6 is 0 Å². The SMILES string of the molecule is Cc1ccc(S(=O)(=O)Nc2cc(NS(=O)(=O)c3ccc(C)cc3)c(C)c(N3CCCC3=O)c2C)cc1. The summed E-state index contributed by atoms with van der Waals surface area (Å²) < 4.78 is 57.9. The number of amides is 1. The smallest absolute Gasteiger partial charge is 0.261 e. The number of nitrogens with one attached hydrogen (secondary N) is 2. The highest BCUT2D eigenvalue weighted by Gasteiger charge is 2.29. The summed E-state index contributed by atoms with van der Waals surface area (Å²) in [6.45, 7) is 7.64. The molecule has 4 rings (SSSR count). The fourth-order valence-corrected chi connectivity index (χ4v) is 6.47. The summed E-state index contributed by atoms with van der Waals surface area (Å²) >= 11 is 0. The highest BCUT2D eigenvalue weighted by Crippen LogP contribution is 2.39. The monoisotopic (exact) mass is 527 g/mol. The first-order valence-corrected chi connectivity index (χ1v) is 14.5. The van der Waals surface area contributed by atoms with E-state index in [0.717, 1.165) is 11.1 Å². The summed E-state index contributed by atoms with van der Waals surface area (Å²) in [5.41, 5.74) is 3.80. The molecule has 3 aromatic rings. The van der Waals surface area contributed by atoms with Gasteiger partial charge in [-0.1, -0.05) is 35.4 Å². The molecule has 190 valence electrons. The lowest BCUT2D eigenvalue weighted by molar-refractivity contribution is -0.117. The molecular formula is C26H29N3O5S2. The molecule has 1 fully saturated rings. The minimum absolute atomic E-state index is 0.0775. The lowest BCUT2D eigenvalue weighted by atomic mass is 10.0. The molecule has 1 saturated heterocycles. The summed E-state index contributed by atoms with van der Waals surface area (Å²) in [4.78, 5) is 14.4. The minimum Gasteiger partial charge on any atom is -0.312 e. The molecule has 8 nitrogen and oxygen atoms in total. The topological polar surface area (TPSA) is 113 Å². The first-order chi connectivity index (χ1) is 16.9. The number of nitrogens with zero attached hydrogens (tertiary/aromatic N) is 1.